The van der Waals surface area contributed by atoms with E-state index in [1.54, 1.807) is 24.2 Å². The first-order chi connectivity index (χ1) is 7.40. The highest BCUT2D eigenvalue weighted by Gasteiger charge is 2.01. The van der Waals surface area contributed by atoms with E-state index in [1.165, 1.54) is 0 Å². The zero-order valence-corrected chi connectivity index (χ0v) is 8.95. The fraction of sp³-hybridized carbons (Fsp3) is 0.0833. The Morgan fingerprint density at radius 1 is 1.07 bits per heavy atom. The lowest BCUT2D eigenvalue weighted by Gasteiger charge is -2.05. The minimum atomic E-state index is 0.0776. The maximum absolute atomic E-state index is 9.17. The molecule has 2 aromatic rings. The van der Waals surface area contributed by atoms with Gasteiger partial charge in [0.2, 0.25) is 0 Å². The monoisotopic (exact) mass is 217 g/mol. The quantitative estimate of drug-likeness (QED) is 0.858. The van der Waals surface area contributed by atoms with Gasteiger partial charge in [0, 0.05) is 22.2 Å². The molecule has 0 saturated heterocycles. The molecule has 0 fully saturated rings. The summed E-state index contributed by atoms with van der Waals surface area (Å²) in [6.45, 7) is 0.0776. The van der Waals surface area contributed by atoms with Crippen molar-refractivity contribution >= 4 is 11.8 Å². The predicted molar refractivity (Wildman–Crippen MR) is 60.7 cm³/mol. The Morgan fingerprint density at radius 2 is 1.80 bits per heavy atom. The van der Waals surface area contributed by atoms with Crippen LogP contribution in [0.2, 0.25) is 0 Å². The first kappa shape index (κ1) is 10.2. The van der Waals surface area contributed by atoms with Crippen LogP contribution in [0.15, 0.2) is 58.6 Å². The van der Waals surface area contributed by atoms with E-state index in [-0.39, 0.29) is 6.61 Å². The smallest absolute Gasteiger partial charge is 0.0692 e. The number of aromatic nitrogens is 1. The second-order valence-electron chi connectivity index (χ2n) is 3.05. The molecule has 0 radical (unpaired) electrons. The van der Waals surface area contributed by atoms with E-state index in [2.05, 4.69) is 4.98 Å². The van der Waals surface area contributed by atoms with Crippen LogP contribution in [-0.4, -0.2) is 10.1 Å². The normalized spacial score (nSPS) is 10.2. The van der Waals surface area contributed by atoms with E-state index in [0.717, 1.165) is 15.4 Å². The molecule has 0 bridgehead atoms. The second kappa shape index (κ2) is 4.96. The molecule has 0 aliphatic carbocycles. The van der Waals surface area contributed by atoms with Gasteiger partial charge in [-0.05, 0) is 23.8 Å². The topological polar surface area (TPSA) is 33.1 Å². The molecule has 76 valence electrons. The zero-order valence-electron chi connectivity index (χ0n) is 8.13. The zero-order chi connectivity index (χ0) is 10.5. The molecular formula is C12H11NOS. The molecule has 0 unspecified atom stereocenters. The van der Waals surface area contributed by atoms with Crippen molar-refractivity contribution in [3.8, 4) is 0 Å². The van der Waals surface area contributed by atoms with Crippen LogP contribution in [0.5, 0.6) is 0 Å². The Bertz CT molecular complexity index is 431. The number of benzene rings is 1. The molecule has 1 N–H and O–H groups in total. The van der Waals surface area contributed by atoms with Gasteiger partial charge in [0.1, 0.15) is 0 Å². The fourth-order valence-electron chi connectivity index (χ4n) is 1.27. The van der Waals surface area contributed by atoms with Crippen molar-refractivity contribution in [1.29, 1.82) is 0 Å². The summed E-state index contributed by atoms with van der Waals surface area (Å²) in [6, 6.07) is 11.8. The number of hydrogen-bond acceptors (Lipinski definition) is 3. The van der Waals surface area contributed by atoms with E-state index in [1.807, 2.05) is 36.4 Å². The summed E-state index contributed by atoms with van der Waals surface area (Å²) >= 11 is 1.64. The highest BCUT2D eigenvalue weighted by atomic mass is 32.2. The largest absolute Gasteiger partial charge is 0.392 e. The van der Waals surface area contributed by atoms with Crippen molar-refractivity contribution < 1.29 is 5.11 Å². The van der Waals surface area contributed by atoms with E-state index >= 15 is 0 Å². The molecule has 0 saturated carbocycles. The van der Waals surface area contributed by atoms with Crippen LogP contribution >= 0.6 is 11.8 Å². The molecular weight excluding hydrogens is 206 g/mol. The van der Waals surface area contributed by atoms with Crippen LogP contribution in [0.1, 0.15) is 5.56 Å². The van der Waals surface area contributed by atoms with E-state index in [0.29, 0.717) is 0 Å². The summed E-state index contributed by atoms with van der Waals surface area (Å²) in [5.41, 5.74) is 0.958. The average Bonchev–Trinajstić information content (AvgIpc) is 2.31. The molecule has 1 aromatic heterocycles. The van der Waals surface area contributed by atoms with Gasteiger partial charge in [-0.3, -0.25) is 4.98 Å². The van der Waals surface area contributed by atoms with E-state index in [9.17, 15) is 5.11 Å². The minimum absolute atomic E-state index is 0.0776. The molecule has 2 rings (SSSR count). The molecule has 0 aliphatic rings. The molecule has 0 atom stereocenters. The number of aliphatic hydroxyl groups is 1. The van der Waals surface area contributed by atoms with Crippen molar-refractivity contribution in [3.63, 3.8) is 0 Å². The Kier molecular flexibility index (Phi) is 3.37. The summed E-state index contributed by atoms with van der Waals surface area (Å²) in [5.74, 6) is 0. The average molecular weight is 217 g/mol. The van der Waals surface area contributed by atoms with Crippen LogP contribution in [0, 0.1) is 0 Å². The fourth-order valence-corrected chi connectivity index (χ4v) is 2.19. The van der Waals surface area contributed by atoms with Gasteiger partial charge in [-0.25, -0.2) is 0 Å². The highest BCUT2D eigenvalue weighted by Crippen LogP contribution is 2.29. The Balaban J connectivity index is 2.24. The highest BCUT2D eigenvalue weighted by molar-refractivity contribution is 7.99. The van der Waals surface area contributed by atoms with Gasteiger partial charge in [-0.15, -0.1) is 0 Å². The van der Waals surface area contributed by atoms with Gasteiger partial charge in [0.25, 0.3) is 0 Å². The molecule has 0 amide bonds. The second-order valence-corrected chi connectivity index (χ2v) is 4.17. The van der Waals surface area contributed by atoms with Crippen LogP contribution in [-0.2, 0) is 6.61 Å². The van der Waals surface area contributed by atoms with Crippen molar-refractivity contribution in [3.05, 3.63) is 54.4 Å². The van der Waals surface area contributed by atoms with E-state index < -0.39 is 0 Å². The molecule has 3 heteroatoms. The van der Waals surface area contributed by atoms with Crippen molar-refractivity contribution in [2.45, 2.75) is 16.4 Å². The lowest BCUT2D eigenvalue weighted by atomic mass is 10.2. The summed E-state index contributed by atoms with van der Waals surface area (Å²) in [7, 11) is 0. The van der Waals surface area contributed by atoms with Gasteiger partial charge < -0.3 is 5.11 Å². The maximum atomic E-state index is 9.17. The lowest BCUT2D eigenvalue weighted by Crippen LogP contribution is -1.86. The minimum Gasteiger partial charge on any atom is -0.392 e. The van der Waals surface area contributed by atoms with Gasteiger partial charge >= 0.3 is 0 Å². The number of rotatable bonds is 3. The predicted octanol–water partition coefficient (Wildman–Crippen LogP) is 2.73. The lowest BCUT2D eigenvalue weighted by molar-refractivity contribution is 0.279. The Hall–Kier alpha value is -1.32. The van der Waals surface area contributed by atoms with Gasteiger partial charge in [-0.2, -0.15) is 0 Å². The summed E-state index contributed by atoms with van der Waals surface area (Å²) < 4.78 is 0. The number of pyridine rings is 1. The molecule has 1 heterocycles. The Morgan fingerprint density at radius 3 is 2.53 bits per heavy atom. The standard InChI is InChI=1S/C12H11NOS/c14-9-10-3-1-2-4-12(10)15-11-5-7-13-8-6-11/h1-8,14H,9H2. The summed E-state index contributed by atoms with van der Waals surface area (Å²) in [4.78, 5) is 6.19. The SMILES string of the molecule is OCc1ccccc1Sc1ccncc1. The van der Waals surface area contributed by atoms with E-state index in [4.69, 9.17) is 0 Å². The van der Waals surface area contributed by atoms with Crippen LogP contribution < -0.4 is 0 Å². The molecule has 0 aliphatic heterocycles. The third kappa shape index (κ3) is 2.58. The summed E-state index contributed by atoms with van der Waals surface area (Å²) in [6.07, 6.45) is 3.54. The molecule has 2 nitrogen and oxygen atoms in total. The van der Waals surface area contributed by atoms with Crippen molar-refractivity contribution in [2.24, 2.45) is 0 Å². The van der Waals surface area contributed by atoms with Crippen LogP contribution in [0.25, 0.3) is 0 Å². The van der Waals surface area contributed by atoms with Gasteiger partial charge in [-0.1, -0.05) is 30.0 Å². The van der Waals surface area contributed by atoms with Crippen molar-refractivity contribution in [2.75, 3.05) is 0 Å². The van der Waals surface area contributed by atoms with Gasteiger partial charge in [0.15, 0.2) is 0 Å². The van der Waals surface area contributed by atoms with Crippen LogP contribution in [0.4, 0.5) is 0 Å². The third-order valence-electron chi connectivity index (χ3n) is 2.02. The van der Waals surface area contributed by atoms with Crippen molar-refractivity contribution in [1.82, 2.24) is 4.98 Å². The molecule has 1 aromatic carbocycles. The van der Waals surface area contributed by atoms with Crippen LogP contribution in [0.3, 0.4) is 0 Å². The number of nitrogens with zero attached hydrogens (tertiary/aromatic N) is 1. The maximum Gasteiger partial charge on any atom is 0.0692 e. The first-order valence-corrected chi connectivity index (χ1v) is 5.48. The Labute approximate surface area is 93.0 Å². The number of hydrogen-bond donors (Lipinski definition) is 1. The summed E-state index contributed by atoms with van der Waals surface area (Å²) in [5, 5.41) is 9.17. The molecule has 0 spiro atoms. The molecule has 15 heavy (non-hydrogen) atoms. The number of aliphatic hydroxyl groups excluding tert-OH is 1. The third-order valence-corrected chi connectivity index (χ3v) is 3.15. The van der Waals surface area contributed by atoms with Gasteiger partial charge in [0.05, 0.1) is 6.61 Å². The first-order valence-electron chi connectivity index (χ1n) is 4.67.